The Hall–Kier alpha value is -0.610. The molecule has 0 unspecified atom stereocenters. The van der Waals surface area contributed by atoms with Crippen molar-refractivity contribution in [2.24, 2.45) is 5.92 Å². The molecule has 0 aromatic rings. The lowest BCUT2D eigenvalue weighted by Gasteiger charge is -2.17. The molecule has 0 saturated heterocycles. The fourth-order valence-electron chi connectivity index (χ4n) is 0.814. The number of hydrogen-bond donors (Lipinski definition) is 3. The Morgan fingerprint density at radius 2 is 1.92 bits per heavy atom. The molecule has 0 spiro atoms. The van der Waals surface area contributed by atoms with E-state index in [1.165, 1.54) is 6.92 Å². The third-order valence-corrected chi connectivity index (χ3v) is 1.95. The SMILES string of the molecule is CC[C@@H](O)C[C@@H](O)[C@H](C)C(=O)O. The highest BCUT2D eigenvalue weighted by atomic mass is 16.4. The standard InChI is InChI=1S/C8H16O4/c1-3-6(9)4-7(10)5(2)8(11)12/h5-7,9-10H,3-4H2,1-2H3,(H,11,12)/t5-,6+,7+/m0/s1. The molecule has 0 aliphatic rings. The van der Waals surface area contributed by atoms with Crippen LogP contribution in [0, 0.1) is 5.92 Å². The van der Waals surface area contributed by atoms with E-state index in [0.717, 1.165) is 0 Å². The highest BCUT2D eigenvalue weighted by Gasteiger charge is 2.22. The molecule has 0 aromatic heterocycles. The van der Waals surface area contributed by atoms with E-state index in [1.54, 1.807) is 6.92 Å². The molecule has 0 fully saturated rings. The molecule has 4 nitrogen and oxygen atoms in total. The summed E-state index contributed by atoms with van der Waals surface area (Å²) in [4.78, 5) is 10.4. The summed E-state index contributed by atoms with van der Waals surface area (Å²) >= 11 is 0. The summed E-state index contributed by atoms with van der Waals surface area (Å²) in [7, 11) is 0. The molecule has 72 valence electrons. The van der Waals surface area contributed by atoms with Gasteiger partial charge in [0.15, 0.2) is 0 Å². The van der Waals surface area contributed by atoms with Crippen molar-refractivity contribution in [3.05, 3.63) is 0 Å². The fourth-order valence-corrected chi connectivity index (χ4v) is 0.814. The van der Waals surface area contributed by atoms with E-state index in [1.807, 2.05) is 0 Å². The van der Waals surface area contributed by atoms with Gasteiger partial charge in [-0.25, -0.2) is 0 Å². The topological polar surface area (TPSA) is 77.8 Å². The van der Waals surface area contributed by atoms with Gasteiger partial charge >= 0.3 is 5.97 Å². The molecule has 0 heterocycles. The highest BCUT2D eigenvalue weighted by molar-refractivity contribution is 5.70. The van der Waals surface area contributed by atoms with Crippen LogP contribution >= 0.6 is 0 Å². The van der Waals surface area contributed by atoms with Gasteiger partial charge in [-0.3, -0.25) is 4.79 Å². The number of carboxylic acids is 1. The summed E-state index contributed by atoms with van der Waals surface area (Å²) in [5, 5.41) is 26.9. The zero-order valence-electron chi connectivity index (χ0n) is 7.40. The van der Waals surface area contributed by atoms with Gasteiger partial charge in [0.05, 0.1) is 18.1 Å². The van der Waals surface area contributed by atoms with Crippen LogP contribution in [0.4, 0.5) is 0 Å². The number of aliphatic hydroxyl groups excluding tert-OH is 2. The lowest BCUT2D eigenvalue weighted by molar-refractivity contribution is -0.145. The van der Waals surface area contributed by atoms with E-state index in [2.05, 4.69) is 0 Å². The Labute approximate surface area is 71.8 Å². The first-order chi connectivity index (χ1) is 5.49. The average molecular weight is 176 g/mol. The minimum atomic E-state index is -1.04. The van der Waals surface area contributed by atoms with E-state index in [9.17, 15) is 9.90 Å². The van der Waals surface area contributed by atoms with Crippen LogP contribution < -0.4 is 0 Å². The second kappa shape index (κ2) is 5.11. The summed E-state index contributed by atoms with van der Waals surface area (Å²) < 4.78 is 0. The molecule has 0 aliphatic carbocycles. The third kappa shape index (κ3) is 3.69. The first-order valence-electron chi connectivity index (χ1n) is 4.08. The minimum Gasteiger partial charge on any atom is -0.481 e. The second-order valence-corrected chi connectivity index (χ2v) is 2.99. The summed E-state index contributed by atoms with van der Waals surface area (Å²) in [5.41, 5.74) is 0. The Balaban J connectivity index is 3.86. The largest absolute Gasteiger partial charge is 0.481 e. The van der Waals surface area contributed by atoms with Crippen molar-refractivity contribution in [2.45, 2.75) is 38.9 Å². The molecule has 4 heteroatoms. The van der Waals surface area contributed by atoms with Gasteiger partial charge < -0.3 is 15.3 Å². The molecule has 0 aromatic carbocycles. The Bertz CT molecular complexity index is 146. The lowest BCUT2D eigenvalue weighted by atomic mass is 9.98. The molecular formula is C8H16O4. The Kier molecular flexibility index (Phi) is 4.85. The molecule has 0 saturated carbocycles. The van der Waals surface area contributed by atoms with Crippen molar-refractivity contribution < 1.29 is 20.1 Å². The zero-order chi connectivity index (χ0) is 9.72. The van der Waals surface area contributed by atoms with Crippen LogP contribution in [0.25, 0.3) is 0 Å². The molecule has 0 bridgehead atoms. The Morgan fingerprint density at radius 1 is 1.42 bits per heavy atom. The molecule has 12 heavy (non-hydrogen) atoms. The summed E-state index contributed by atoms with van der Waals surface area (Å²) in [6.07, 6.45) is -0.910. The van der Waals surface area contributed by atoms with E-state index in [0.29, 0.717) is 6.42 Å². The van der Waals surface area contributed by atoms with E-state index in [4.69, 9.17) is 10.2 Å². The van der Waals surface area contributed by atoms with Crippen LogP contribution in [-0.4, -0.2) is 33.5 Å². The highest BCUT2D eigenvalue weighted by Crippen LogP contribution is 2.11. The number of aliphatic hydroxyl groups is 2. The van der Waals surface area contributed by atoms with Gasteiger partial charge in [0, 0.05) is 6.42 Å². The molecule has 0 radical (unpaired) electrons. The average Bonchev–Trinajstić information content (AvgIpc) is 2.02. The van der Waals surface area contributed by atoms with Crippen molar-refractivity contribution in [1.29, 1.82) is 0 Å². The Morgan fingerprint density at radius 3 is 2.25 bits per heavy atom. The molecule has 3 atom stereocenters. The molecule has 0 rings (SSSR count). The van der Waals surface area contributed by atoms with Gasteiger partial charge in [-0.15, -0.1) is 0 Å². The number of rotatable bonds is 5. The number of carbonyl (C=O) groups is 1. The predicted octanol–water partition coefficient (Wildman–Crippen LogP) is 0.229. The molecule has 0 amide bonds. The maximum atomic E-state index is 10.4. The number of carboxylic acid groups (broad SMARTS) is 1. The first kappa shape index (κ1) is 11.4. The summed E-state index contributed by atoms with van der Waals surface area (Å²) in [6.45, 7) is 3.21. The van der Waals surface area contributed by atoms with Crippen LogP contribution in [0.3, 0.4) is 0 Å². The van der Waals surface area contributed by atoms with E-state index < -0.39 is 24.1 Å². The first-order valence-corrected chi connectivity index (χ1v) is 4.08. The van der Waals surface area contributed by atoms with Crippen molar-refractivity contribution in [2.75, 3.05) is 0 Å². The second-order valence-electron chi connectivity index (χ2n) is 2.99. The maximum Gasteiger partial charge on any atom is 0.308 e. The number of aliphatic carboxylic acids is 1. The van der Waals surface area contributed by atoms with Gasteiger partial charge in [0.2, 0.25) is 0 Å². The smallest absolute Gasteiger partial charge is 0.308 e. The summed E-state index contributed by atoms with van der Waals surface area (Å²) in [6, 6.07) is 0. The van der Waals surface area contributed by atoms with Gasteiger partial charge in [0.1, 0.15) is 0 Å². The van der Waals surface area contributed by atoms with Crippen molar-refractivity contribution in [3.8, 4) is 0 Å². The van der Waals surface area contributed by atoms with Crippen molar-refractivity contribution in [3.63, 3.8) is 0 Å². The van der Waals surface area contributed by atoms with Crippen LogP contribution in [0.1, 0.15) is 26.7 Å². The fraction of sp³-hybridized carbons (Fsp3) is 0.875. The summed E-state index contributed by atoms with van der Waals surface area (Å²) in [5.74, 6) is -1.85. The van der Waals surface area contributed by atoms with Crippen molar-refractivity contribution >= 4 is 5.97 Å². The van der Waals surface area contributed by atoms with Crippen LogP contribution in [0.5, 0.6) is 0 Å². The molecule has 3 N–H and O–H groups in total. The quantitative estimate of drug-likeness (QED) is 0.560. The van der Waals surface area contributed by atoms with Gasteiger partial charge in [-0.2, -0.15) is 0 Å². The lowest BCUT2D eigenvalue weighted by Crippen LogP contribution is -2.29. The van der Waals surface area contributed by atoms with Crippen molar-refractivity contribution in [1.82, 2.24) is 0 Å². The van der Waals surface area contributed by atoms with Crippen LogP contribution in [0.15, 0.2) is 0 Å². The van der Waals surface area contributed by atoms with Gasteiger partial charge in [-0.1, -0.05) is 6.92 Å². The van der Waals surface area contributed by atoms with Gasteiger partial charge in [-0.05, 0) is 13.3 Å². The normalized spacial score (nSPS) is 18.3. The predicted molar refractivity (Wildman–Crippen MR) is 43.7 cm³/mol. The zero-order valence-corrected chi connectivity index (χ0v) is 7.40. The number of hydrogen-bond acceptors (Lipinski definition) is 3. The van der Waals surface area contributed by atoms with E-state index >= 15 is 0 Å². The van der Waals surface area contributed by atoms with E-state index in [-0.39, 0.29) is 6.42 Å². The van der Waals surface area contributed by atoms with Crippen LogP contribution in [0.2, 0.25) is 0 Å². The maximum absolute atomic E-state index is 10.4. The monoisotopic (exact) mass is 176 g/mol. The van der Waals surface area contributed by atoms with Crippen LogP contribution in [-0.2, 0) is 4.79 Å². The third-order valence-electron chi connectivity index (χ3n) is 1.95. The van der Waals surface area contributed by atoms with Gasteiger partial charge in [0.25, 0.3) is 0 Å². The molecule has 0 aliphatic heterocycles. The molecular weight excluding hydrogens is 160 g/mol. The minimum absolute atomic E-state index is 0.129.